The lowest BCUT2D eigenvalue weighted by Crippen LogP contribution is -2.37. The molecule has 3 aromatic rings. The average Bonchev–Trinajstić information content (AvgIpc) is 2.94. The van der Waals surface area contributed by atoms with Gasteiger partial charge in [0.25, 0.3) is 5.91 Å². The molecule has 116 valence electrons. The predicted molar refractivity (Wildman–Crippen MR) is 90.3 cm³/mol. The molecule has 5 nitrogen and oxygen atoms in total. The SMILES string of the molecule is COc1cc(C2NC(=O)c3c(sc4ccccc34)N2)ccc1O. The van der Waals surface area contributed by atoms with Gasteiger partial charge in [-0.25, -0.2) is 0 Å². The Morgan fingerprint density at radius 3 is 2.83 bits per heavy atom. The van der Waals surface area contributed by atoms with Crippen molar-refractivity contribution in [1.82, 2.24) is 5.32 Å². The smallest absolute Gasteiger partial charge is 0.256 e. The van der Waals surface area contributed by atoms with Gasteiger partial charge in [0, 0.05) is 10.1 Å². The Morgan fingerprint density at radius 1 is 1.17 bits per heavy atom. The molecule has 0 fully saturated rings. The number of hydrogen-bond acceptors (Lipinski definition) is 5. The van der Waals surface area contributed by atoms with Crippen molar-refractivity contribution >= 4 is 32.3 Å². The Bertz CT molecular complexity index is 919. The van der Waals surface area contributed by atoms with Gasteiger partial charge < -0.3 is 20.5 Å². The topological polar surface area (TPSA) is 70.6 Å². The Hall–Kier alpha value is -2.73. The van der Waals surface area contributed by atoms with E-state index in [4.69, 9.17) is 4.74 Å². The van der Waals surface area contributed by atoms with Crippen molar-refractivity contribution in [3.8, 4) is 11.5 Å². The van der Waals surface area contributed by atoms with Crippen molar-refractivity contribution < 1.29 is 14.6 Å². The third-order valence-corrected chi connectivity index (χ3v) is 5.01. The molecule has 0 saturated heterocycles. The van der Waals surface area contributed by atoms with E-state index in [0.717, 1.165) is 20.7 Å². The van der Waals surface area contributed by atoms with Crippen LogP contribution in [0.1, 0.15) is 22.1 Å². The minimum absolute atomic E-state index is 0.0703. The zero-order valence-electron chi connectivity index (χ0n) is 12.3. The Kier molecular flexibility index (Phi) is 3.12. The number of hydrogen-bond donors (Lipinski definition) is 3. The van der Waals surface area contributed by atoms with Gasteiger partial charge in [0.2, 0.25) is 0 Å². The van der Waals surface area contributed by atoms with E-state index < -0.39 is 0 Å². The molecule has 1 amide bonds. The van der Waals surface area contributed by atoms with E-state index in [9.17, 15) is 9.90 Å². The average molecular weight is 326 g/mol. The van der Waals surface area contributed by atoms with Gasteiger partial charge in [0.05, 0.1) is 12.7 Å². The summed E-state index contributed by atoms with van der Waals surface area (Å²) < 4.78 is 6.21. The van der Waals surface area contributed by atoms with E-state index in [2.05, 4.69) is 10.6 Å². The first-order valence-corrected chi connectivity index (χ1v) is 7.95. The van der Waals surface area contributed by atoms with Gasteiger partial charge in [-0.2, -0.15) is 0 Å². The number of benzene rings is 2. The van der Waals surface area contributed by atoms with E-state index >= 15 is 0 Å². The molecular weight excluding hydrogens is 312 g/mol. The number of methoxy groups -OCH3 is 1. The zero-order valence-corrected chi connectivity index (χ0v) is 13.1. The van der Waals surface area contributed by atoms with Crippen LogP contribution in [0.2, 0.25) is 0 Å². The van der Waals surface area contributed by atoms with Gasteiger partial charge in [-0.3, -0.25) is 4.79 Å². The van der Waals surface area contributed by atoms with Crippen molar-refractivity contribution in [1.29, 1.82) is 0 Å². The molecule has 0 aliphatic carbocycles. The van der Waals surface area contributed by atoms with E-state index in [-0.39, 0.29) is 17.8 Å². The second kappa shape index (κ2) is 5.17. The van der Waals surface area contributed by atoms with Gasteiger partial charge >= 0.3 is 0 Å². The van der Waals surface area contributed by atoms with Gasteiger partial charge in [-0.1, -0.05) is 24.3 Å². The van der Waals surface area contributed by atoms with Crippen LogP contribution in [0.15, 0.2) is 42.5 Å². The molecule has 1 atom stereocenters. The summed E-state index contributed by atoms with van der Waals surface area (Å²) in [6.45, 7) is 0. The largest absolute Gasteiger partial charge is 0.504 e. The number of nitrogens with one attached hydrogen (secondary N) is 2. The van der Waals surface area contributed by atoms with Gasteiger partial charge in [-0.05, 0) is 23.8 Å². The van der Waals surface area contributed by atoms with E-state index in [1.165, 1.54) is 7.11 Å². The normalized spacial score (nSPS) is 16.6. The molecule has 1 aliphatic heterocycles. The number of thiophene rings is 1. The first-order chi connectivity index (χ1) is 11.2. The standard InChI is InChI=1S/C17H14N2O3S/c1-22-12-8-9(6-7-11(12)20)15-18-16(21)14-10-4-2-3-5-13(10)23-17(14)19-15/h2-8,15,19-20H,1H3,(H,18,21). The fourth-order valence-corrected chi connectivity index (χ4v) is 3.91. The van der Waals surface area contributed by atoms with Crippen molar-refractivity contribution in [3.05, 3.63) is 53.6 Å². The fraction of sp³-hybridized carbons (Fsp3) is 0.118. The lowest BCUT2D eigenvalue weighted by atomic mass is 10.1. The number of fused-ring (bicyclic) bond motifs is 3. The highest BCUT2D eigenvalue weighted by molar-refractivity contribution is 7.23. The summed E-state index contributed by atoms with van der Waals surface area (Å²) in [6, 6.07) is 12.9. The summed E-state index contributed by atoms with van der Waals surface area (Å²) in [5, 5.41) is 17.8. The number of carbonyl (C=O) groups is 1. The molecule has 3 N–H and O–H groups in total. The lowest BCUT2D eigenvalue weighted by molar-refractivity contribution is 0.0938. The number of anilines is 1. The molecule has 0 radical (unpaired) electrons. The molecule has 1 unspecified atom stereocenters. The summed E-state index contributed by atoms with van der Waals surface area (Å²) in [4.78, 5) is 12.5. The number of carbonyl (C=O) groups excluding carboxylic acids is 1. The number of phenols is 1. The maximum Gasteiger partial charge on any atom is 0.256 e. The van der Waals surface area contributed by atoms with E-state index in [0.29, 0.717) is 11.3 Å². The summed E-state index contributed by atoms with van der Waals surface area (Å²) in [5.74, 6) is 0.342. The minimum atomic E-state index is -0.363. The van der Waals surface area contributed by atoms with E-state index in [1.807, 2.05) is 24.3 Å². The molecule has 1 aromatic heterocycles. The highest BCUT2D eigenvalue weighted by Crippen LogP contribution is 2.40. The first kappa shape index (κ1) is 13.9. The summed E-state index contributed by atoms with van der Waals surface area (Å²) in [6.07, 6.45) is -0.363. The number of rotatable bonds is 2. The van der Waals surface area contributed by atoms with Crippen molar-refractivity contribution in [3.63, 3.8) is 0 Å². The molecule has 23 heavy (non-hydrogen) atoms. The summed E-state index contributed by atoms with van der Waals surface area (Å²) in [7, 11) is 1.50. The number of aromatic hydroxyl groups is 1. The zero-order chi connectivity index (χ0) is 16.0. The van der Waals surface area contributed by atoms with Crippen LogP contribution in [0, 0.1) is 0 Å². The van der Waals surface area contributed by atoms with Gasteiger partial charge in [0.15, 0.2) is 11.5 Å². The van der Waals surface area contributed by atoms with Crippen LogP contribution in [0.3, 0.4) is 0 Å². The quantitative estimate of drug-likeness (QED) is 0.674. The number of amides is 1. The van der Waals surface area contributed by atoms with Crippen LogP contribution in [-0.4, -0.2) is 18.1 Å². The number of ether oxygens (including phenoxy) is 1. The third kappa shape index (κ3) is 2.19. The van der Waals surface area contributed by atoms with Crippen LogP contribution < -0.4 is 15.4 Å². The molecule has 1 aliphatic rings. The third-order valence-electron chi connectivity index (χ3n) is 3.91. The van der Waals surface area contributed by atoms with Crippen molar-refractivity contribution in [2.75, 3.05) is 12.4 Å². The maximum absolute atomic E-state index is 12.5. The Balaban J connectivity index is 1.76. The minimum Gasteiger partial charge on any atom is -0.504 e. The van der Waals surface area contributed by atoms with Gasteiger partial charge in [-0.15, -0.1) is 11.3 Å². The summed E-state index contributed by atoms with van der Waals surface area (Å²) in [5.41, 5.74) is 1.50. The van der Waals surface area contributed by atoms with Crippen LogP contribution in [0.4, 0.5) is 5.00 Å². The van der Waals surface area contributed by atoms with Crippen LogP contribution in [0.5, 0.6) is 11.5 Å². The fourth-order valence-electron chi connectivity index (χ4n) is 2.78. The monoisotopic (exact) mass is 326 g/mol. The maximum atomic E-state index is 12.5. The number of phenolic OH excluding ortho intramolecular Hbond substituents is 1. The van der Waals surface area contributed by atoms with Gasteiger partial charge in [0.1, 0.15) is 11.2 Å². The molecule has 4 rings (SSSR count). The van der Waals surface area contributed by atoms with E-state index in [1.54, 1.807) is 29.5 Å². The molecule has 0 bridgehead atoms. The van der Waals surface area contributed by atoms with Crippen molar-refractivity contribution in [2.24, 2.45) is 0 Å². The Labute approximate surface area is 136 Å². The molecular formula is C17H14N2O3S. The highest BCUT2D eigenvalue weighted by Gasteiger charge is 2.28. The second-order valence-corrected chi connectivity index (χ2v) is 6.34. The lowest BCUT2D eigenvalue weighted by Gasteiger charge is -2.26. The molecule has 0 spiro atoms. The van der Waals surface area contributed by atoms with Crippen molar-refractivity contribution in [2.45, 2.75) is 6.17 Å². The molecule has 0 saturated carbocycles. The molecule has 2 heterocycles. The van der Waals surface area contributed by atoms with Crippen LogP contribution in [0.25, 0.3) is 10.1 Å². The Morgan fingerprint density at radius 2 is 2.00 bits per heavy atom. The predicted octanol–water partition coefficient (Wildman–Crippen LogP) is 3.47. The summed E-state index contributed by atoms with van der Waals surface area (Å²) >= 11 is 1.56. The first-order valence-electron chi connectivity index (χ1n) is 7.13. The molecule has 6 heteroatoms. The van der Waals surface area contributed by atoms with Crippen LogP contribution in [-0.2, 0) is 0 Å². The van der Waals surface area contributed by atoms with Crippen LogP contribution >= 0.6 is 11.3 Å². The second-order valence-electron chi connectivity index (χ2n) is 5.28. The highest BCUT2D eigenvalue weighted by atomic mass is 32.1. The molecule has 2 aromatic carbocycles.